The molecule has 5 rings (SSSR count). The lowest BCUT2D eigenvalue weighted by Crippen LogP contribution is -2.31. The topological polar surface area (TPSA) is 103 Å². The molecular formula is C28H23F3N4O3. The number of cyclic esters (lactones) is 1. The Balaban J connectivity index is 1.76. The second kappa shape index (κ2) is 10.1. The monoisotopic (exact) mass is 520 g/mol. The number of aromatic nitrogens is 3. The van der Waals surface area contributed by atoms with Crippen LogP contribution in [0.4, 0.5) is 19.0 Å². The number of hydrogen-bond acceptors (Lipinski definition) is 6. The van der Waals surface area contributed by atoms with E-state index in [4.69, 9.17) is 15.5 Å². The van der Waals surface area contributed by atoms with Gasteiger partial charge in [-0.2, -0.15) is 13.2 Å². The van der Waals surface area contributed by atoms with Gasteiger partial charge in [-0.25, -0.2) is 9.97 Å². The van der Waals surface area contributed by atoms with Crippen molar-refractivity contribution in [3.05, 3.63) is 84.6 Å². The molecule has 0 saturated carbocycles. The minimum Gasteiger partial charge on any atom is -0.458 e. The zero-order chi connectivity index (χ0) is 26.9. The highest BCUT2D eigenvalue weighted by Gasteiger charge is 2.31. The van der Waals surface area contributed by atoms with Crippen LogP contribution >= 0.6 is 0 Å². The summed E-state index contributed by atoms with van der Waals surface area (Å²) in [7, 11) is 0. The van der Waals surface area contributed by atoms with Crippen LogP contribution in [0.3, 0.4) is 0 Å². The van der Waals surface area contributed by atoms with Crippen LogP contribution in [0, 0.1) is 0 Å². The van der Waals surface area contributed by atoms with Gasteiger partial charge < -0.3 is 15.6 Å². The standard InChI is InChI=1S/C28H23F3N4O3/c29-28(30,31)20-8-4-7-19(13-20)26-25(18-9-11-33-23(32)14-18)34-27(17-5-2-1-3-6-17)35(26)12-10-22-15-21(36)16-24(37)38-22/h1-14,21-22,36H,15-16H2,(H2,32,33). The maximum atomic E-state index is 13.7. The first-order valence-corrected chi connectivity index (χ1v) is 11.8. The first kappa shape index (κ1) is 25.2. The lowest BCUT2D eigenvalue weighted by molar-refractivity contribution is -0.156. The minimum atomic E-state index is -4.55. The van der Waals surface area contributed by atoms with Crippen molar-refractivity contribution in [1.29, 1.82) is 0 Å². The normalized spacial score (nSPS) is 18.1. The molecule has 2 aromatic heterocycles. The van der Waals surface area contributed by atoms with Gasteiger partial charge in [0.15, 0.2) is 0 Å². The van der Waals surface area contributed by atoms with Crippen LogP contribution in [0.25, 0.3) is 40.1 Å². The maximum Gasteiger partial charge on any atom is 0.416 e. The summed E-state index contributed by atoms with van der Waals surface area (Å²) in [6, 6.07) is 17.4. The Hall–Kier alpha value is -4.44. The predicted octanol–water partition coefficient (Wildman–Crippen LogP) is 5.42. The molecule has 1 fully saturated rings. The Labute approximate surface area is 216 Å². The number of nitrogens with zero attached hydrogens (tertiary/aromatic N) is 3. The Morgan fingerprint density at radius 2 is 1.79 bits per heavy atom. The summed E-state index contributed by atoms with van der Waals surface area (Å²) >= 11 is 0. The van der Waals surface area contributed by atoms with E-state index in [1.165, 1.54) is 12.3 Å². The number of carbonyl (C=O) groups is 1. The Morgan fingerprint density at radius 3 is 2.50 bits per heavy atom. The van der Waals surface area contributed by atoms with Gasteiger partial charge in [-0.15, -0.1) is 0 Å². The molecule has 0 bridgehead atoms. The molecule has 0 spiro atoms. The summed E-state index contributed by atoms with van der Waals surface area (Å²) in [6.45, 7) is 0. The number of nitrogen functional groups attached to an aromatic ring is 1. The highest BCUT2D eigenvalue weighted by Crippen LogP contribution is 2.39. The van der Waals surface area contributed by atoms with Crippen LogP contribution in [0.5, 0.6) is 0 Å². The molecule has 1 aliphatic heterocycles. The zero-order valence-electron chi connectivity index (χ0n) is 20.0. The number of esters is 1. The number of nitrogens with two attached hydrogens (primary N) is 1. The summed E-state index contributed by atoms with van der Waals surface area (Å²) in [4.78, 5) is 20.7. The number of carbonyl (C=O) groups excluding carboxylic acids is 1. The quantitative estimate of drug-likeness (QED) is 0.341. The van der Waals surface area contributed by atoms with Gasteiger partial charge in [-0.05, 0) is 30.3 Å². The Kier molecular flexibility index (Phi) is 6.73. The molecule has 3 N–H and O–H groups in total. The van der Waals surface area contributed by atoms with Crippen LogP contribution in [-0.4, -0.2) is 37.8 Å². The number of benzene rings is 2. The van der Waals surface area contributed by atoms with Crippen molar-refractivity contribution in [3.63, 3.8) is 0 Å². The summed E-state index contributed by atoms with van der Waals surface area (Å²) in [6.07, 6.45) is -1.30. The second-order valence-electron chi connectivity index (χ2n) is 8.88. The van der Waals surface area contributed by atoms with E-state index in [1.54, 1.807) is 35.0 Å². The third kappa shape index (κ3) is 5.30. The number of imidazole rings is 1. The summed E-state index contributed by atoms with van der Waals surface area (Å²) in [5.74, 6) is 0.146. The number of aliphatic hydroxyl groups is 1. The van der Waals surface area contributed by atoms with Gasteiger partial charge in [0.1, 0.15) is 17.7 Å². The molecule has 4 aromatic rings. The minimum absolute atomic E-state index is 0.0895. The lowest BCUT2D eigenvalue weighted by atomic mass is 10.0. The van der Waals surface area contributed by atoms with Crippen molar-refractivity contribution in [1.82, 2.24) is 14.5 Å². The molecule has 3 heterocycles. The van der Waals surface area contributed by atoms with Crippen molar-refractivity contribution >= 4 is 18.0 Å². The van der Waals surface area contributed by atoms with E-state index in [1.807, 2.05) is 30.3 Å². The molecule has 0 amide bonds. The number of ether oxygens (including phenoxy) is 1. The molecule has 1 aliphatic rings. The number of anilines is 1. The number of halogens is 3. The Bertz CT molecular complexity index is 1500. The Morgan fingerprint density at radius 1 is 1.03 bits per heavy atom. The molecule has 10 heteroatoms. The van der Waals surface area contributed by atoms with Crippen LogP contribution < -0.4 is 5.73 Å². The van der Waals surface area contributed by atoms with Crippen LogP contribution in [0.2, 0.25) is 0 Å². The lowest BCUT2D eigenvalue weighted by Gasteiger charge is -2.23. The van der Waals surface area contributed by atoms with Crippen LogP contribution in [-0.2, 0) is 15.7 Å². The van der Waals surface area contributed by atoms with Crippen LogP contribution in [0.15, 0.2) is 79.0 Å². The zero-order valence-corrected chi connectivity index (χ0v) is 20.0. The molecule has 2 aromatic carbocycles. The fourth-order valence-corrected chi connectivity index (χ4v) is 4.39. The van der Waals surface area contributed by atoms with E-state index in [9.17, 15) is 23.1 Å². The second-order valence-corrected chi connectivity index (χ2v) is 8.88. The summed E-state index contributed by atoms with van der Waals surface area (Å²) < 4.78 is 48.0. The number of pyridine rings is 1. The molecule has 0 aliphatic carbocycles. The molecule has 194 valence electrons. The fourth-order valence-electron chi connectivity index (χ4n) is 4.39. The van der Waals surface area contributed by atoms with Gasteiger partial charge in [0.05, 0.1) is 29.5 Å². The van der Waals surface area contributed by atoms with Gasteiger partial charge in [0, 0.05) is 35.5 Å². The highest BCUT2D eigenvalue weighted by molar-refractivity contribution is 5.85. The van der Waals surface area contributed by atoms with Gasteiger partial charge in [0.25, 0.3) is 0 Å². The van der Waals surface area contributed by atoms with Gasteiger partial charge in [0.2, 0.25) is 0 Å². The van der Waals surface area contributed by atoms with Gasteiger partial charge in [-0.3, -0.25) is 9.36 Å². The van der Waals surface area contributed by atoms with E-state index >= 15 is 0 Å². The van der Waals surface area contributed by atoms with E-state index in [-0.39, 0.29) is 24.2 Å². The fraction of sp³-hybridized carbons (Fsp3) is 0.179. The summed E-state index contributed by atoms with van der Waals surface area (Å²) in [5.41, 5.74) is 7.42. The average Bonchev–Trinajstić information content (AvgIpc) is 3.27. The molecule has 38 heavy (non-hydrogen) atoms. The molecular weight excluding hydrogens is 497 g/mol. The van der Waals surface area contributed by atoms with Crippen molar-refractivity contribution < 1.29 is 27.8 Å². The first-order valence-electron chi connectivity index (χ1n) is 11.8. The molecule has 2 unspecified atom stereocenters. The number of aliphatic hydroxyl groups excluding tert-OH is 1. The third-order valence-electron chi connectivity index (χ3n) is 6.10. The SMILES string of the molecule is Nc1cc(-c2nc(-c3ccccc3)n(C=CC3CC(O)CC(=O)O3)c2-c2cccc(C(F)(F)F)c2)ccn1. The van der Waals surface area contributed by atoms with Crippen LogP contribution in [0.1, 0.15) is 18.4 Å². The van der Waals surface area contributed by atoms with Crippen molar-refractivity contribution in [2.24, 2.45) is 0 Å². The van der Waals surface area contributed by atoms with Gasteiger partial charge in [-0.1, -0.05) is 42.5 Å². The summed E-state index contributed by atoms with van der Waals surface area (Å²) in [5, 5.41) is 10.0. The van der Waals surface area contributed by atoms with E-state index in [0.29, 0.717) is 28.3 Å². The molecule has 1 saturated heterocycles. The number of hydrogen-bond donors (Lipinski definition) is 2. The molecule has 7 nitrogen and oxygen atoms in total. The first-order chi connectivity index (χ1) is 18.2. The van der Waals surface area contributed by atoms with Crippen molar-refractivity contribution in [2.45, 2.75) is 31.2 Å². The van der Waals surface area contributed by atoms with E-state index in [0.717, 1.165) is 12.1 Å². The van der Waals surface area contributed by atoms with Crippen molar-refractivity contribution in [3.8, 4) is 33.9 Å². The smallest absolute Gasteiger partial charge is 0.416 e. The molecule has 0 radical (unpaired) electrons. The highest BCUT2D eigenvalue weighted by atomic mass is 19.4. The number of alkyl halides is 3. The van der Waals surface area contributed by atoms with Gasteiger partial charge >= 0.3 is 12.1 Å². The maximum absolute atomic E-state index is 13.7. The predicted molar refractivity (Wildman–Crippen MR) is 136 cm³/mol. The third-order valence-corrected chi connectivity index (χ3v) is 6.10. The number of rotatable bonds is 5. The average molecular weight is 521 g/mol. The van der Waals surface area contributed by atoms with E-state index in [2.05, 4.69) is 4.98 Å². The van der Waals surface area contributed by atoms with E-state index < -0.39 is 29.9 Å². The van der Waals surface area contributed by atoms with Crippen molar-refractivity contribution in [2.75, 3.05) is 5.73 Å². The largest absolute Gasteiger partial charge is 0.458 e. The molecule has 2 atom stereocenters.